The smallest absolute Gasteiger partial charge is 0.342 e. The maximum Gasteiger partial charge on any atom is 0.342 e. The number of methoxy groups -OCH3 is 1. The van der Waals surface area contributed by atoms with E-state index in [0.29, 0.717) is 22.7 Å². The minimum Gasteiger partial charge on any atom is -0.479 e. The third-order valence-corrected chi connectivity index (χ3v) is 5.58. The van der Waals surface area contributed by atoms with E-state index < -0.39 is 35.6 Å². The number of urea groups is 1. The van der Waals surface area contributed by atoms with Crippen LogP contribution in [-0.2, 0) is 6.54 Å². The predicted octanol–water partition coefficient (Wildman–Crippen LogP) is 4.60. The van der Waals surface area contributed by atoms with E-state index in [2.05, 4.69) is 15.3 Å². The maximum atomic E-state index is 14.3. The molecule has 0 aliphatic carbocycles. The zero-order valence-electron chi connectivity index (χ0n) is 16.4. The van der Waals surface area contributed by atoms with Gasteiger partial charge in [-0.2, -0.15) is 4.98 Å². The van der Waals surface area contributed by atoms with Crippen molar-refractivity contribution in [3.63, 3.8) is 0 Å². The Morgan fingerprint density at radius 3 is 2.58 bits per heavy atom. The molecular formula is C20H16F3N5O2S. The fourth-order valence-corrected chi connectivity index (χ4v) is 4.00. The van der Waals surface area contributed by atoms with Crippen LogP contribution in [0.3, 0.4) is 0 Å². The number of hydrogen-bond donors (Lipinski definition) is 1. The number of nitrogens with zero attached hydrogens (tertiary/aromatic N) is 4. The quantitative estimate of drug-likeness (QED) is 0.577. The van der Waals surface area contributed by atoms with E-state index in [9.17, 15) is 18.0 Å². The number of rotatable bonds is 5. The molecule has 1 aliphatic rings. The third-order valence-electron chi connectivity index (χ3n) is 4.54. The van der Waals surface area contributed by atoms with Crippen molar-refractivity contribution < 1.29 is 22.7 Å². The predicted molar refractivity (Wildman–Crippen MR) is 111 cm³/mol. The van der Waals surface area contributed by atoms with Crippen LogP contribution in [0, 0.1) is 17.5 Å². The molecule has 2 aromatic heterocycles. The molecule has 0 unspecified atom stereocenters. The van der Waals surface area contributed by atoms with Crippen LogP contribution in [0.15, 0.2) is 47.5 Å². The van der Waals surface area contributed by atoms with Gasteiger partial charge in [0, 0.05) is 42.9 Å². The summed E-state index contributed by atoms with van der Waals surface area (Å²) in [6, 6.07) is 7.22. The fourth-order valence-electron chi connectivity index (χ4n) is 3.05. The summed E-state index contributed by atoms with van der Waals surface area (Å²) in [6.45, 7) is -0.483. The van der Waals surface area contributed by atoms with Gasteiger partial charge in [-0.15, -0.1) is 0 Å². The van der Waals surface area contributed by atoms with E-state index in [1.165, 1.54) is 17.6 Å². The van der Waals surface area contributed by atoms with E-state index in [4.69, 9.17) is 4.74 Å². The van der Waals surface area contributed by atoms with Gasteiger partial charge in [0.2, 0.25) is 5.88 Å². The molecule has 0 bridgehead atoms. The van der Waals surface area contributed by atoms with Crippen LogP contribution in [0.5, 0.6) is 5.88 Å². The molecule has 1 N–H and O–H groups in total. The molecule has 4 rings (SSSR count). The minimum atomic E-state index is -1.09. The topological polar surface area (TPSA) is 70.6 Å². The van der Waals surface area contributed by atoms with E-state index in [1.54, 1.807) is 31.3 Å². The number of amides is 2. The first-order valence-corrected chi connectivity index (χ1v) is 9.81. The van der Waals surface area contributed by atoms with Gasteiger partial charge in [-0.3, -0.25) is 4.90 Å². The highest BCUT2D eigenvalue weighted by Gasteiger charge is 2.35. The lowest BCUT2D eigenvalue weighted by molar-refractivity contribution is 0.253. The van der Waals surface area contributed by atoms with Crippen LogP contribution in [0.2, 0.25) is 0 Å². The Hall–Kier alpha value is -3.47. The van der Waals surface area contributed by atoms with Crippen molar-refractivity contribution in [2.75, 3.05) is 28.7 Å². The zero-order valence-corrected chi connectivity index (χ0v) is 17.2. The van der Waals surface area contributed by atoms with Gasteiger partial charge in [0.05, 0.1) is 24.2 Å². The van der Waals surface area contributed by atoms with Gasteiger partial charge in [0.15, 0.2) is 11.6 Å². The van der Waals surface area contributed by atoms with Gasteiger partial charge in [-0.05, 0) is 24.3 Å². The number of pyridine rings is 2. The standard InChI is InChI=1S/C20H16F3N5O2S/c1-24-15-5-6-17(26-19(15)30-2)28-20(29)27(18-16(31-28)4-3-7-25-18)10-12-13(22)8-11(21)9-14(12)23/h3-9,24H,10H2,1-2H3. The second-order valence-electron chi connectivity index (χ2n) is 6.40. The first-order chi connectivity index (χ1) is 14.9. The van der Waals surface area contributed by atoms with E-state index in [0.717, 1.165) is 16.8 Å². The fraction of sp³-hybridized carbons (Fsp3) is 0.150. The van der Waals surface area contributed by atoms with Gasteiger partial charge in [-0.25, -0.2) is 27.3 Å². The Balaban J connectivity index is 1.77. The lowest BCUT2D eigenvalue weighted by Crippen LogP contribution is -2.44. The van der Waals surface area contributed by atoms with Gasteiger partial charge >= 0.3 is 6.03 Å². The Morgan fingerprint density at radius 1 is 1.16 bits per heavy atom. The number of anilines is 3. The van der Waals surface area contributed by atoms with Gasteiger partial charge < -0.3 is 10.1 Å². The Labute approximate surface area is 180 Å². The van der Waals surface area contributed by atoms with Gasteiger partial charge in [0.1, 0.15) is 17.5 Å². The Bertz CT molecular complexity index is 1140. The second-order valence-corrected chi connectivity index (χ2v) is 7.39. The average molecular weight is 447 g/mol. The molecule has 0 radical (unpaired) electrons. The Morgan fingerprint density at radius 2 is 1.90 bits per heavy atom. The molecule has 3 aromatic rings. The molecule has 7 nitrogen and oxygen atoms in total. The van der Waals surface area contributed by atoms with Crippen LogP contribution in [-0.4, -0.2) is 30.2 Å². The van der Waals surface area contributed by atoms with Crippen LogP contribution in [0.25, 0.3) is 0 Å². The second kappa shape index (κ2) is 8.34. The summed E-state index contributed by atoms with van der Waals surface area (Å²) in [6.07, 6.45) is 1.47. The molecule has 0 atom stereocenters. The molecule has 1 aliphatic heterocycles. The number of benzene rings is 1. The molecule has 0 spiro atoms. The summed E-state index contributed by atoms with van der Waals surface area (Å²) in [5, 5.41) is 2.93. The highest BCUT2D eigenvalue weighted by molar-refractivity contribution is 8.01. The zero-order chi connectivity index (χ0) is 22.1. The summed E-state index contributed by atoms with van der Waals surface area (Å²) < 4.78 is 48.4. The average Bonchev–Trinajstić information content (AvgIpc) is 2.76. The van der Waals surface area contributed by atoms with E-state index in [1.807, 2.05) is 0 Å². The third kappa shape index (κ3) is 3.83. The van der Waals surface area contributed by atoms with Gasteiger partial charge in [-0.1, -0.05) is 0 Å². The summed E-state index contributed by atoms with van der Waals surface area (Å²) in [5.74, 6) is -2.47. The molecule has 3 heterocycles. The number of ether oxygens (including phenoxy) is 1. The van der Waals surface area contributed by atoms with Crippen molar-refractivity contribution >= 4 is 35.3 Å². The first-order valence-electron chi connectivity index (χ1n) is 9.03. The van der Waals surface area contributed by atoms with Crippen LogP contribution in [0.1, 0.15) is 5.56 Å². The van der Waals surface area contributed by atoms with Crippen molar-refractivity contribution in [1.82, 2.24) is 9.97 Å². The van der Waals surface area contributed by atoms with Crippen molar-refractivity contribution in [2.45, 2.75) is 11.4 Å². The lowest BCUT2D eigenvalue weighted by Gasteiger charge is -2.34. The van der Waals surface area contributed by atoms with Crippen molar-refractivity contribution in [2.24, 2.45) is 0 Å². The summed E-state index contributed by atoms with van der Waals surface area (Å²) in [5.41, 5.74) is 0.171. The van der Waals surface area contributed by atoms with Crippen LogP contribution >= 0.6 is 11.9 Å². The van der Waals surface area contributed by atoms with Crippen molar-refractivity contribution in [1.29, 1.82) is 0 Å². The molecule has 2 amide bonds. The molecular weight excluding hydrogens is 431 g/mol. The molecule has 11 heteroatoms. The number of carbonyl (C=O) groups excluding carboxylic acids is 1. The number of halogens is 3. The number of fused-ring (bicyclic) bond motifs is 1. The monoisotopic (exact) mass is 447 g/mol. The van der Waals surface area contributed by atoms with Crippen molar-refractivity contribution in [3.8, 4) is 5.88 Å². The SMILES string of the molecule is CNc1ccc(N2Sc3cccnc3N(Cc3c(F)cc(F)cc3F)C2=O)nc1OC. The number of nitrogens with one attached hydrogen (secondary N) is 1. The highest BCUT2D eigenvalue weighted by atomic mass is 32.2. The van der Waals surface area contributed by atoms with Crippen molar-refractivity contribution in [3.05, 3.63) is 65.6 Å². The molecule has 0 saturated carbocycles. The summed E-state index contributed by atoms with van der Waals surface area (Å²) in [7, 11) is 3.15. The van der Waals surface area contributed by atoms with Crippen LogP contribution < -0.4 is 19.3 Å². The van der Waals surface area contributed by atoms with E-state index >= 15 is 0 Å². The maximum absolute atomic E-state index is 14.3. The molecule has 160 valence electrons. The molecule has 31 heavy (non-hydrogen) atoms. The van der Waals surface area contributed by atoms with Gasteiger partial charge in [0.25, 0.3) is 0 Å². The normalized spacial score (nSPS) is 13.3. The largest absolute Gasteiger partial charge is 0.479 e. The highest BCUT2D eigenvalue weighted by Crippen LogP contribution is 2.41. The number of aromatic nitrogens is 2. The summed E-state index contributed by atoms with van der Waals surface area (Å²) >= 11 is 1.07. The lowest BCUT2D eigenvalue weighted by atomic mass is 10.1. The van der Waals surface area contributed by atoms with E-state index in [-0.39, 0.29) is 17.5 Å². The molecule has 0 fully saturated rings. The molecule has 0 saturated heterocycles. The Kier molecular flexibility index (Phi) is 5.59. The number of carbonyl (C=O) groups is 1. The minimum absolute atomic E-state index is 0.232. The summed E-state index contributed by atoms with van der Waals surface area (Å²) in [4.78, 5) is 23.6. The molecule has 1 aromatic carbocycles. The van der Waals surface area contributed by atoms with Crippen LogP contribution in [0.4, 0.5) is 35.3 Å². The first kappa shape index (κ1) is 20.8. The number of hydrogen-bond acceptors (Lipinski definition) is 6.